The number of hydrogen-bond acceptors (Lipinski definition) is 6. The highest BCUT2D eigenvalue weighted by Gasteiger charge is 2.30. The van der Waals surface area contributed by atoms with Gasteiger partial charge in [-0.05, 0) is 73.6 Å². The number of nitrogens with zero attached hydrogens (tertiary/aromatic N) is 2. The molecule has 1 N–H and O–H groups in total. The zero-order valence-corrected chi connectivity index (χ0v) is 22.0. The van der Waals surface area contributed by atoms with Crippen LogP contribution in [-0.4, -0.2) is 47.6 Å². The van der Waals surface area contributed by atoms with Gasteiger partial charge in [0.25, 0.3) is 11.6 Å². The molecule has 0 radical (unpaired) electrons. The van der Waals surface area contributed by atoms with Gasteiger partial charge in [0, 0.05) is 43.4 Å². The third-order valence-corrected chi connectivity index (χ3v) is 6.96. The quantitative estimate of drug-likeness (QED) is 0.186. The van der Waals surface area contributed by atoms with E-state index < -0.39 is 16.8 Å². The molecule has 0 aliphatic carbocycles. The fourth-order valence-corrected chi connectivity index (χ4v) is 4.73. The summed E-state index contributed by atoms with van der Waals surface area (Å²) in [6.07, 6.45) is 2.24. The van der Waals surface area contributed by atoms with Crippen molar-refractivity contribution in [3.63, 3.8) is 0 Å². The van der Waals surface area contributed by atoms with Gasteiger partial charge in [-0.15, -0.1) is 0 Å². The molecule has 40 heavy (non-hydrogen) atoms. The molecule has 4 rings (SSSR count). The summed E-state index contributed by atoms with van der Waals surface area (Å²) in [5.74, 6) is -0.313. The van der Waals surface area contributed by atoms with Gasteiger partial charge in [0.15, 0.2) is 0 Å². The number of nitro benzene ring substituents is 1. The number of ether oxygens (including phenoxy) is 2. The third kappa shape index (κ3) is 8.34. The SMILES string of the molecule is O=C(N[C@H](CCCOCc1ccccc1)C1CCN(C(=O)Oc2ccc([N+](=O)[O-])cc2)CC1)c1ccc(F)cc1. The van der Waals surface area contributed by atoms with Crippen molar-refractivity contribution in [2.75, 3.05) is 19.7 Å². The van der Waals surface area contributed by atoms with Crippen molar-refractivity contribution in [3.8, 4) is 5.75 Å². The van der Waals surface area contributed by atoms with Gasteiger partial charge in [0.2, 0.25) is 0 Å². The van der Waals surface area contributed by atoms with Crippen molar-refractivity contribution in [1.29, 1.82) is 0 Å². The molecule has 1 atom stereocenters. The maximum atomic E-state index is 13.3. The first-order valence-corrected chi connectivity index (χ1v) is 13.3. The number of carbonyl (C=O) groups excluding carboxylic acids is 2. The molecule has 0 spiro atoms. The van der Waals surface area contributed by atoms with Crippen LogP contribution in [0.25, 0.3) is 0 Å². The number of likely N-dealkylation sites (tertiary alicyclic amines) is 1. The van der Waals surface area contributed by atoms with Crippen LogP contribution in [0.15, 0.2) is 78.9 Å². The highest BCUT2D eigenvalue weighted by atomic mass is 19.1. The molecule has 0 unspecified atom stereocenters. The average molecular weight is 550 g/mol. The number of hydrogen-bond donors (Lipinski definition) is 1. The van der Waals surface area contributed by atoms with Crippen molar-refractivity contribution < 1.29 is 28.4 Å². The molecule has 3 aromatic rings. The molecule has 1 aliphatic rings. The second-order valence-electron chi connectivity index (χ2n) is 9.71. The lowest BCUT2D eigenvalue weighted by Gasteiger charge is -2.36. The standard InChI is InChI=1S/C30H32FN3O6/c31-25-10-8-24(9-11-25)29(35)32-28(7-4-20-39-21-22-5-2-1-3-6-22)23-16-18-33(19-17-23)30(36)40-27-14-12-26(13-15-27)34(37)38/h1-3,5-6,8-15,23,28H,4,7,16-21H2,(H,32,35)/t28-/m1/s1. The molecule has 0 saturated carbocycles. The highest BCUT2D eigenvalue weighted by molar-refractivity contribution is 5.94. The molecule has 2 amide bonds. The summed E-state index contributed by atoms with van der Waals surface area (Å²) in [5.41, 5.74) is 1.40. The van der Waals surface area contributed by atoms with Crippen LogP contribution in [0.1, 0.15) is 41.6 Å². The highest BCUT2D eigenvalue weighted by Crippen LogP contribution is 2.25. The number of non-ortho nitro benzene ring substituents is 1. The number of halogens is 1. The Labute approximate surface area is 232 Å². The van der Waals surface area contributed by atoms with E-state index in [2.05, 4.69) is 5.32 Å². The Morgan fingerprint density at radius 2 is 1.68 bits per heavy atom. The van der Waals surface area contributed by atoms with Crippen LogP contribution in [0.3, 0.4) is 0 Å². The fourth-order valence-electron chi connectivity index (χ4n) is 4.73. The minimum atomic E-state index is -0.520. The van der Waals surface area contributed by atoms with Gasteiger partial charge in [-0.3, -0.25) is 14.9 Å². The molecule has 3 aromatic carbocycles. The van der Waals surface area contributed by atoms with Crippen LogP contribution in [0.5, 0.6) is 5.75 Å². The maximum absolute atomic E-state index is 13.3. The van der Waals surface area contributed by atoms with Gasteiger partial charge in [-0.1, -0.05) is 30.3 Å². The molecule has 10 heteroatoms. The van der Waals surface area contributed by atoms with Gasteiger partial charge in [0.1, 0.15) is 11.6 Å². The second kappa shape index (κ2) is 14.2. The van der Waals surface area contributed by atoms with Crippen molar-refractivity contribution in [3.05, 3.63) is 106 Å². The zero-order chi connectivity index (χ0) is 28.3. The van der Waals surface area contributed by atoms with E-state index in [1.807, 2.05) is 30.3 Å². The molecule has 1 saturated heterocycles. The summed E-state index contributed by atoms with van der Waals surface area (Å²) >= 11 is 0. The Kier molecular flexibility index (Phi) is 10.2. The minimum Gasteiger partial charge on any atom is -0.410 e. The number of carbonyl (C=O) groups is 2. The van der Waals surface area contributed by atoms with Crippen molar-refractivity contribution in [2.24, 2.45) is 5.92 Å². The lowest BCUT2D eigenvalue weighted by atomic mass is 9.86. The molecule has 1 fully saturated rings. The number of amides is 2. The Balaban J connectivity index is 1.31. The topological polar surface area (TPSA) is 111 Å². The van der Waals surface area contributed by atoms with Crippen molar-refractivity contribution >= 4 is 17.7 Å². The van der Waals surface area contributed by atoms with Crippen LogP contribution in [-0.2, 0) is 11.3 Å². The van der Waals surface area contributed by atoms with Gasteiger partial charge in [-0.2, -0.15) is 0 Å². The monoisotopic (exact) mass is 549 g/mol. The van der Waals surface area contributed by atoms with E-state index in [0.717, 1.165) is 12.0 Å². The molecule has 1 heterocycles. The van der Waals surface area contributed by atoms with Crippen LogP contribution in [0, 0.1) is 21.8 Å². The number of benzene rings is 3. The first-order chi connectivity index (χ1) is 19.4. The summed E-state index contributed by atoms with van der Waals surface area (Å²) in [5, 5.41) is 13.9. The summed E-state index contributed by atoms with van der Waals surface area (Å²) < 4.78 is 24.6. The zero-order valence-electron chi connectivity index (χ0n) is 22.0. The average Bonchev–Trinajstić information content (AvgIpc) is 2.97. The molecule has 0 bridgehead atoms. The lowest BCUT2D eigenvalue weighted by molar-refractivity contribution is -0.384. The predicted molar refractivity (Wildman–Crippen MR) is 146 cm³/mol. The first kappa shape index (κ1) is 28.7. The summed E-state index contributed by atoms with van der Waals surface area (Å²) in [6, 6.07) is 20.5. The van der Waals surface area contributed by atoms with Crippen LogP contribution in [0.2, 0.25) is 0 Å². The van der Waals surface area contributed by atoms with Crippen LogP contribution in [0.4, 0.5) is 14.9 Å². The van der Waals surface area contributed by atoms with Crippen molar-refractivity contribution in [1.82, 2.24) is 10.2 Å². The Bertz CT molecular complexity index is 1260. The van der Waals surface area contributed by atoms with E-state index in [9.17, 15) is 24.1 Å². The normalized spacial score (nSPS) is 14.4. The summed E-state index contributed by atoms with van der Waals surface area (Å²) in [7, 11) is 0. The summed E-state index contributed by atoms with van der Waals surface area (Å²) in [4.78, 5) is 37.5. The molecule has 9 nitrogen and oxygen atoms in total. The molecular weight excluding hydrogens is 517 g/mol. The Hall–Kier alpha value is -4.31. The first-order valence-electron chi connectivity index (χ1n) is 13.3. The van der Waals surface area contributed by atoms with E-state index in [1.165, 1.54) is 48.5 Å². The second-order valence-corrected chi connectivity index (χ2v) is 9.71. The number of piperidine rings is 1. The number of nitro groups is 1. The molecule has 1 aliphatic heterocycles. The minimum absolute atomic E-state index is 0.0835. The molecule has 0 aromatic heterocycles. The molecule has 210 valence electrons. The van der Waals surface area contributed by atoms with Gasteiger partial charge in [-0.25, -0.2) is 9.18 Å². The maximum Gasteiger partial charge on any atom is 0.415 e. The van der Waals surface area contributed by atoms with Gasteiger partial charge >= 0.3 is 6.09 Å². The Morgan fingerprint density at radius 3 is 2.33 bits per heavy atom. The number of nitrogens with one attached hydrogen (secondary N) is 1. The fraction of sp³-hybridized carbons (Fsp3) is 0.333. The predicted octanol–water partition coefficient (Wildman–Crippen LogP) is 5.74. The van der Waals surface area contributed by atoms with E-state index in [1.54, 1.807) is 4.90 Å². The van der Waals surface area contributed by atoms with E-state index in [4.69, 9.17) is 9.47 Å². The number of rotatable bonds is 11. The van der Waals surface area contributed by atoms with Crippen LogP contribution < -0.4 is 10.1 Å². The molecular formula is C30H32FN3O6. The lowest BCUT2D eigenvalue weighted by Crippen LogP contribution is -2.47. The van der Waals surface area contributed by atoms with Crippen molar-refractivity contribution in [2.45, 2.75) is 38.3 Å². The van der Waals surface area contributed by atoms with E-state index in [-0.39, 0.29) is 29.3 Å². The van der Waals surface area contributed by atoms with Crippen LogP contribution >= 0.6 is 0 Å². The summed E-state index contributed by atoms with van der Waals surface area (Å²) in [6.45, 7) is 1.95. The Morgan fingerprint density at radius 1 is 1.00 bits per heavy atom. The third-order valence-electron chi connectivity index (χ3n) is 6.96. The largest absolute Gasteiger partial charge is 0.415 e. The van der Waals surface area contributed by atoms with Gasteiger partial charge in [0.05, 0.1) is 11.5 Å². The smallest absolute Gasteiger partial charge is 0.410 e. The van der Waals surface area contributed by atoms with Gasteiger partial charge < -0.3 is 19.7 Å². The van der Waals surface area contributed by atoms with E-state index in [0.29, 0.717) is 51.1 Å². The van der Waals surface area contributed by atoms with E-state index >= 15 is 0 Å².